The number of nitrogens with one attached hydrogen (secondary N) is 1. The molecule has 1 atom stereocenters. The van der Waals surface area contributed by atoms with Crippen molar-refractivity contribution in [1.29, 1.82) is 0 Å². The largest absolute Gasteiger partial charge is 0.437 e. The van der Waals surface area contributed by atoms with Gasteiger partial charge in [0.2, 0.25) is 0 Å². The summed E-state index contributed by atoms with van der Waals surface area (Å²) in [6.07, 6.45) is -1.11. The second-order valence-corrected chi connectivity index (χ2v) is 6.49. The van der Waals surface area contributed by atoms with Crippen LogP contribution in [-0.4, -0.2) is 18.0 Å². The summed E-state index contributed by atoms with van der Waals surface area (Å²) in [7, 11) is 0. The molecule has 0 bridgehead atoms. The van der Waals surface area contributed by atoms with Crippen LogP contribution in [0.5, 0.6) is 0 Å². The van der Waals surface area contributed by atoms with Gasteiger partial charge in [-0.15, -0.1) is 0 Å². The van der Waals surface area contributed by atoms with Gasteiger partial charge in [0.25, 0.3) is 0 Å². The maximum Gasteiger partial charge on any atom is 0.413 e. The van der Waals surface area contributed by atoms with Crippen LogP contribution in [-0.2, 0) is 16.2 Å². The van der Waals surface area contributed by atoms with E-state index < -0.39 is 12.2 Å². The molecule has 140 valence electrons. The topological polar surface area (TPSA) is 59.9 Å². The monoisotopic (exact) mass is 372 g/mol. The first-order valence-corrected chi connectivity index (χ1v) is 9.12. The van der Waals surface area contributed by atoms with Crippen molar-refractivity contribution in [2.45, 2.75) is 18.6 Å². The van der Waals surface area contributed by atoms with Gasteiger partial charge in [-0.3, -0.25) is 5.32 Å². The van der Waals surface area contributed by atoms with Gasteiger partial charge < -0.3 is 9.57 Å². The molecule has 1 amide bonds. The molecule has 1 saturated heterocycles. The van der Waals surface area contributed by atoms with Crippen LogP contribution in [0.15, 0.2) is 96.2 Å². The second kappa shape index (κ2) is 8.39. The summed E-state index contributed by atoms with van der Waals surface area (Å²) in [5, 5.41) is 6.86. The molecule has 4 rings (SSSR count). The summed E-state index contributed by atoms with van der Waals surface area (Å²) in [6, 6.07) is 29.6. The SMILES string of the molecule is O=C1N/C(=N\OCc2ccccc2)C(C(c2ccccc2)c2ccccc2)O1. The fourth-order valence-electron chi connectivity index (χ4n) is 3.29. The number of oxime groups is 1. The number of amidine groups is 1. The van der Waals surface area contributed by atoms with E-state index in [0.717, 1.165) is 16.7 Å². The van der Waals surface area contributed by atoms with Gasteiger partial charge >= 0.3 is 6.09 Å². The van der Waals surface area contributed by atoms with E-state index in [4.69, 9.17) is 9.57 Å². The summed E-state index contributed by atoms with van der Waals surface area (Å²) in [6.45, 7) is 0.314. The number of alkyl carbamates (subject to hydrolysis) is 1. The van der Waals surface area contributed by atoms with Crippen molar-refractivity contribution in [3.05, 3.63) is 108 Å². The van der Waals surface area contributed by atoms with Crippen LogP contribution in [0.25, 0.3) is 0 Å². The van der Waals surface area contributed by atoms with Crippen LogP contribution in [0, 0.1) is 0 Å². The Morgan fingerprint density at radius 2 is 1.39 bits per heavy atom. The summed E-state index contributed by atoms with van der Waals surface area (Å²) < 4.78 is 5.59. The number of benzene rings is 3. The third-order valence-corrected chi connectivity index (χ3v) is 4.59. The fraction of sp³-hybridized carbons (Fsp3) is 0.130. The number of cyclic esters (lactones) is 1. The minimum atomic E-state index is -0.590. The van der Waals surface area contributed by atoms with Gasteiger partial charge in [0.1, 0.15) is 6.61 Å². The van der Waals surface area contributed by atoms with Crippen LogP contribution < -0.4 is 5.32 Å². The molecule has 1 unspecified atom stereocenters. The number of rotatable bonds is 6. The molecule has 1 aliphatic rings. The number of carbonyl (C=O) groups is 1. The minimum absolute atomic E-state index is 0.194. The van der Waals surface area contributed by atoms with E-state index in [1.54, 1.807) is 0 Å². The number of hydrogen-bond acceptors (Lipinski definition) is 4. The highest BCUT2D eigenvalue weighted by atomic mass is 16.6. The quantitative estimate of drug-likeness (QED) is 0.650. The average molecular weight is 372 g/mol. The first kappa shape index (κ1) is 17.8. The molecule has 1 heterocycles. The molecule has 0 saturated carbocycles. The molecule has 5 nitrogen and oxygen atoms in total. The maximum absolute atomic E-state index is 12.0. The molecule has 0 spiro atoms. The molecule has 0 aromatic heterocycles. The Balaban J connectivity index is 1.62. The summed E-state index contributed by atoms with van der Waals surface area (Å²) >= 11 is 0. The van der Waals surface area contributed by atoms with Gasteiger partial charge in [-0.2, -0.15) is 0 Å². The zero-order valence-corrected chi connectivity index (χ0v) is 15.2. The highest BCUT2D eigenvalue weighted by Crippen LogP contribution is 2.32. The third kappa shape index (κ3) is 4.04. The molecular weight excluding hydrogens is 352 g/mol. The van der Waals surface area contributed by atoms with Crippen molar-refractivity contribution in [3.63, 3.8) is 0 Å². The van der Waals surface area contributed by atoms with Crippen molar-refractivity contribution in [3.8, 4) is 0 Å². The zero-order valence-electron chi connectivity index (χ0n) is 15.2. The first-order valence-electron chi connectivity index (χ1n) is 9.12. The molecule has 3 aromatic rings. The van der Waals surface area contributed by atoms with Gasteiger partial charge in [-0.1, -0.05) is 96.2 Å². The van der Waals surface area contributed by atoms with Crippen molar-refractivity contribution >= 4 is 11.9 Å². The average Bonchev–Trinajstić information content (AvgIpc) is 3.10. The van der Waals surface area contributed by atoms with E-state index in [-0.39, 0.29) is 5.92 Å². The van der Waals surface area contributed by atoms with Crippen LogP contribution in [0.2, 0.25) is 0 Å². The highest BCUT2D eigenvalue weighted by molar-refractivity contribution is 6.03. The number of ether oxygens (including phenoxy) is 1. The summed E-state index contributed by atoms with van der Waals surface area (Å²) in [5.74, 6) is 0.180. The van der Waals surface area contributed by atoms with Gasteiger partial charge in [0.15, 0.2) is 11.9 Å². The van der Waals surface area contributed by atoms with E-state index in [2.05, 4.69) is 10.5 Å². The lowest BCUT2D eigenvalue weighted by Crippen LogP contribution is -2.31. The molecule has 5 heteroatoms. The molecule has 28 heavy (non-hydrogen) atoms. The highest BCUT2D eigenvalue weighted by Gasteiger charge is 2.39. The normalized spacial score (nSPS) is 17.4. The Morgan fingerprint density at radius 3 is 1.96 bits per heavy atom. The summed E-state index contributed by atoms with van der Waals surface area (Å²) in [5.41, 5.74) is 3.06. The molecule has 3 aromatic carbocycles. The Kier molecular flexibility index (Phi) is 5.33. The van der Waals surface area contributed by atoms with Crippen LogP contribution in [0.3, 0.4) is 0 Å². The predicted octanol–water partition coefficient (Wildman–Crippen LogP) is 4.46. The smallest absolute Gasteiger partial charge is 0.413 e. The molecule has 1 fully saturated rings. The number of nitrogens with zero attached hydrogens (tertiary/aromatic N) is 1. The Morgan fingerprint density at radius 1 is 0.857 bits per heavy atom. The maximum atomic E-state index is 12.0. The summed E-state index contributed by atoms with van der Waals surface area (Å²) in [4.78, 5) is 17.5. The van der Waals surface area contributed by atoms with Crippen molar-refractivity contribution < 1.29 is 14.4 Å². The fourth-order valence-corrected chi connectivity index (χ4v) is 3.29. The van der Waals surface area contributed by atoms with Crippen molar-refractivity contribution in [2.24, 2.45) is 5.16 Å². The zero-order chi connectivity index (χ0) is 19.2. The number of carbonyl (C=O) groups excluding carboxylic acids is 1. The van der Waals surface area contributed by atoms with Crippen LogP contribution in [0.1, 0.15) is 22.6 Å². The van der Waals surface area contributed by atoms with Gasteiger partial charge in [0.05, 0.1) is 5.92 Å². The Bertz CT molecular complexity index is 904. The van der Waals surface area contributed by atoms with Crippen molar-refractivity contribution in [2.75, 3.05) is 0 Å². The lowest BCUT2D eigenvalue weighted by atomic mass is 9.86. The van der Waals surface area contributed by atoms with Crippen LogP contribution in [0.4, 0.5) is 4.79 Å². The Labute approximate surface area is 163 Å². The molecule has 0 aliphatic carbocycles. The van der Waals surface area contributed by atoms with E-state index >= 15 is 0 Å². The van der Waals surface area contributed by atoms with Gasteiger partial charge in [-0.25, -0.2) is 4.79 Å². The van der Waals surface area contributed by atoms with Crippen molar-refractivity contribution in [1.82, 2.24) is 5.32 Å². The lowest BCUT2D eigenvalue weighted by Gasteiger charge is -2.22. The van der Waals surface area contributed by atoms with E-state index in [0.29, 0.717) is 12.4 Å². The molecule has 1 aliphatic heterocycles. The predicted molar refractivity (Wildman–Crippen MR) is 107 cm³/mol. The van der Waals surface area contributed by atoms with E-state index in [9.17, 15) is 4.79 Å². The minimum Gasteiger partial charge on any atom is -0.437 e. The number of amides is 1. The van der Waals surface area contributed by atoms with E-state index in [1.807, 2.05) is 91.0 Å². The second-order valence-electron chi connectivity index (χ2n) is 6.49. The van der Waals surface area contributed by atoms with E-state index in [1.165, 1.54) is 0 Å². The first-order chi connectivity index (χ1) is 13.8. The molecular formula is C23H20N2O3. The van der Waals surface area contributed by atoms with Gasteiger partial charge in [-0.05, 0) is 16.7 Å². The molecule has 0 radical (unpaired) electrons. The standard InChI is InChI=1S/C23H20N2O3/c26-23-24-22(25-27-16-17-10-4-1-5-11-17)21(28-23)20(18-12-6-2-7-13-18)19-14-8-3-9-15-19/h1-15,20-21H,16H2,(H,24,25,26). The number of hydrogen-bond donors (Lipinski definition) is 1. The van der Waals surface area contributed by atoms with Crippen LogP contribution >= 0.6 is 0 Å². The third-order valence-electron chi connectivity index (χ3n) is 4.59. The molecule has 1 N–H and O–H groups in total. The van der Waals surface area contributed by atoms with Gasteiger partial charge in [0, 0.05) is 0 Å². The Hall–Kier alpha value is -3.60. The lowest BCUT2D eigenvalue weighted by molar-refractivity contribution is 0.122.